The zero-order chi connectivity index (χ0) is 17.8. The molecule has 3 rings (SSSR count). The zero-order valence-electron chi connectivity index (χ0n) is 15.1. The highest BCUT2D eigenvalue weighted by molar-refractivity contribution is 5.98. The molecule has 0 bridgehead atoms. The molecule has 0 atom stereocenters. The van der Waals surface area contributed by atoms with Crippen LogP contribution in [0, 0.1) is 13.8 Å². The second kappa shape index (κ2) is 7.51. The molecule has 0 radical (unpaired) electrons. The van der Waals surface area contributed by atoms with Crippen molar-refractivity contribution in [1.82, 2.24) is 9.55 Å². The van der Waals surface area contributed by atoms with Gasteiger partial charge in [0.1, 0.15) is 5.75 Å². The van der Waals surface area contributed by atoms with Gasteiger partial charge in [-0.15, -0.1) is 0 Å². The number of fused-ring (bicyclic) bond motifs is 1. The van der Waals surface area contributed by atoms with Crippen molar-refractivity contribution in [2.24, 2.45) is 0 Å². The summed E-state index contributed by atoms with van der Waals surface area (Å²) in [5.74, 6) is 0.790. The van der Waals surface area contributed by atoms with Crippen molar-refractivity contribution in [3.63, 3.8) is 0 Å². The van der Waals surface area contributed by atoms with Gasteiger partial charge in [-0.25, -0.2) is 4.98 Å². The van der Waals surface area contributed by atoms with Gasteiger partial charge < -0.3 is 9.30 Å². The number of aromatic nitrogens is 2. The van der Waals surface area contributed by atoms with E-state index in [2.05, 4.69) is 35.5 Å². The van der Waals surface area contributed by atoms with Crippen LogP contribution in [0.25, 0.3) is 11.0 Å². The number of benzene rings is 2. The molecule has 2 aromatic carbocycles. The van der Waals surface area contributed by atoms with Gasteiger partial charge in [0.25, 0.3) is 0 Å². The van der Waals surface area contributed by atoms with Crippen molar-refractivity contribution >= 4 is 16.8 Å². The highest BCUT2D eigenvalue weighted by Gasteiger charge is 2.10. The van der Waals surface area contributed by atoms with E-state index in [0.29, 0.717) is 24.3 Å². The van der Waals surface area contributed by atoms with Crippen LogP contribution in [0.5, 0.6) is 5.75 Å². The Morgan fingerprint density at radius 1 is 1.16 bits per heavy atom. The number of ketones is 1. The van der Waals surface area contributed by atoms with Crippen LogP contribution in [-0.4, -0.2) is 21.9 Å². The van der Waals surface area contributed by atoms with Gasteiger partial charge in [0.05, 0.1) is 29.5 Å². The molecule has 0 aliphatic heterocycles. The highest BCUT2D eigenvalue weighted by Crippen LogP contribution is 2.21. The summed E-state index contributed by atoms with van der Waals surface area (Å²) in [6.45, 7) is 7.50. The SMILES string of the molecule is CCC(=O)c1ccccc1OCCCn1cnc2cc(C)c(C)cc21. The quantitative estimate of drug-likeness (QED) is 0.463. The summed E-state index contributed by atoms with van der Waals surface area (Å²) >= 11 is 0. The Bertz CT molecular complexity index is 896. The molecule has 4 heteroatoms. The molecule has 1 aromatic heterocycles. The van der Waals surface area contributed by atoms with Crippen molar-refractivity contribution in [3.8, 4) is 5.75 Å². The van der Waals surface area contributed by atoms with Crippen molar-refractivity contribution in [2.75, 3.05) is 6.61 Å². The Morgan fingerprint density at radius 2 is 1.92 bits per heavy atom. The van der Waals surface area contributed by atoms with E-state index in [1.165, 1.54) is 11.1 Å². The summed E-state index contributed by atoms with van der Waals surface area (Å²) in [7, 11) is 0. The van der Waals surface area contributed by atoms with Crippen LogP contribution in [0.4, 0.5) is 0 Å². The average Bonchev–Trinajstić information content (AvgIpc) is 3.00. The van der Waals surface area contributed by atoms with Gasteiger partial charge in [0.2, 0.25) is 0 Å². The number of carbonyl (C=O) groups is 1. The van der Waals surface area contributed by atoms with Crippen LogP contribution in [0.15, 0.2) is 42.7 Å². The number of aryl methyl sites for hydroxylation is 3. The fourth-order valence-corrected chi connectivity index (χ4v) is 2.92. The Kier molecular flexibility index (Phi) is 5.17. The molecular formula is C21H24N2O2. The maximum absolute atomic E-state index is 12.0. The fraction of sp³-hybridized carbons (Fsp3) is 0.333. The molecule has 0 unspecified atom stereocenters. The molecule has 1 heterocycles. The van der Waals surface area contributed by atoms with Gasteiger partial charge in [0.15, 0.2) is 5.78 Å². The Labute approximate surface area is 148 Å². The van der Waals surface area contributed by atoms with Crippen LogP contribution < -0.4 is 4.74 Å². The molecule has 0 aliphatic rings. The number of imidazole rings is 1. The smallest absolute Gasteiger partial charge is 0.166 e. The Balaban J connectivity index is 1.63. The minimum absolute atomic E-state index is 0.113. The lowest BCUT2D eigenvalue weighted by Crippen LogP contribution is -2.07. The molecule has 130 valence electrons. The number of Topliss-reactive ketones (excluding diaryl/α,β-unsaturated/α-hetero) is 1. The van der Waals surface area contributed by atoms with E-state index in [0.717, 1.165) is 24.0 Å². The molecule has 0 saturated carbocycles. The van der Waals surface area contributed by atoms with E-state index in [1.807, 2.05) is 37.5 Å². The first-order chi connectivity index (χ1) is 12.1. The largest absolute Gasteiger partial charge is 0.493 e. The lowest BCUT2D eigenvalue weighted by Gasteiger charge is -2.11. The lowest BCUT2D eigenvalue weighted by atomic mass is 10.1. The molecular weight excluding hydrogens is 312 g/mol. The maximum Gasteiger partial charge on any atom is 0.166 e. The van der Waals surface area contributed by atoms with Crippen molar-refractivity contribution < 1.29 is 9.53 Å². The third-order valence-electron chi connectivity index (χ3n) is 4.55. The molecule has 0 amide bonds. The minimum atomic E-state index is 0.113. The second-order valence-electron chi connectivity index (χ2n) is 6.34. The van der Waals surface area contributed by atoms with E-state index in [4.69, 9.17) is 4.74 Å². The third-order valence-corrected chi connectivity index (χ3v) is 4.55. The molecule has 0 saturated heterocycles. The predicted molar refractivity (Wildman–Crippen MR) is 100 cm³/mol. The standard InChI is InChI=1S/C21H24N2O2/c1-4-20(24)17-8-5-6-9-21(17)25-11-7-10-23-14-22-18-12-15(2)16(3)13-19(18)23/h5-6,8-9,12-14H,4,7,10-11H2,1-3H3. The van der Waals surface area contributed by atoms with Crippen LogP contribution in [0.2, 0.25) is 0 Å². The Hall–Kier alpha value is -2.62. The normalized spacial score (nSPS) is 11.0. The molecule has 0 fully saturated rings. The molecule has 0 aliphatic carbocycles. The van der Waals surface area contributed by atoms with Crippen LogP contribution >= 0.6 is 0 Å². The summed E-state index contributed by atoms with van der Waals surface area (Å²) < 4.78 is 8.02. The highest BCUT2D eigenvalue weighted by atomic mass is 16.5. The van der Waals surface area contributed by atoms with E-state index in [9.17, 15) is 4.79 Å². The number of hydrogen-bond donors (Lipinski definition) is 0. The van der Waals surface area contributed by atoms with Crippen LogP contribution in [0.1, 0.15) is 41.3 Å². The molecule has 0 spiro atoms. The fourth-order valence-electron chi connectivity index (χ4n) is 2.92. The van der Waals surface area contributed by atoms with E-state index < -0.39 is 0 Å². The van der Waals surface area contributed by atoms with Crippen LogP contribution in [0.3, 0.4) is 0 Å². The third kappa shape index (κ3) is 3.73. The van der Waals surface area contributed by atoms with Gasteiger partial charge in [-0.1, -0.05) is 19.1 Å². The van der Waals surface area contributed by atoms with Crippen molar-refractivity contribution in [1.29, 1.82) is 0 Å². The van der Waals surface area contributed by atoms with Gasteiger partial charge in [-0.05, 0) is 55.7 Å². The van der Waals surface area contributed by atoms with E-state index in [1.54, 1.807) is 0 Å². The predicted octanol–water partition coefficient (Wildman–Crippen LogP) is 4.71. The van der Waals surface area contributed by atoms with Gasteiger partial charge in [-0.2, -0.15) is 0 Å². The number of carbonyl (C=O) groups excluding carboxylic acids is 1. The number of hydrogen-bond acceptors (Lipinski definition) is 3. The summed E-state index contributed by atoms with van der Waals surface area (Å²) in [6, 6.07) is 11.8. The molecule has 3 aromatic rings. The van der Waals surface area contributed by atoms with Gasteiger partial charge in [-0.3, -0.25) is 4.79 Å². The summed E-state index contributed by atoms with van der Waals surface area (Å²) in [5, 5.41) is 0. The number of rotatable bonds is 7. The van der Waals surface area contributed by atoms with E-state index >= 15 is 0 Å². The first-order valence-corrected chi connectivity index (χ1v) is 8.77. The summed E-state index contributed by atoms with van der Waals surface area (Å²) in [4.78, 5) is 16.5. The van der Waals surface area contributed by atoms with Gasteiger partial charge >= 0.3 is 0 Å². The summed E-state index contributed by atoms with van der Waals surface area (Å²) in [6.07, 6.45) is 3.23. The number of ether oxygens (including phenoxy) is 1. The van der Waals surface area contributed by atoms with Crippen LogP contribution in [-0.2, 0) is 6.54 Å². The molecule has 4 nitrogen and oxygen atoms in total. The van der Waals surface area contributed by atoms with Gasteiger partial charge in [0, 0.05) is 13.0 Å². The first-order valence-electron chi connectivity index (χ1n) is 8.77. The van der Waals surface area contributed by atoms with Crippen molar-refractivity contribution in [3.05, 3.63) is 59.4 Å². The zero-order valence-corrected chi connectivity index (χ0v) is 15.1. The second-order valence-corrected chi connectivity index (χ2v) is 6.34. The Morgan fingerprint density at radius 3 is 2.72 bits per heavy atom. The minimum Gasteiger partial charge on any atom is -0.493 e. The first kappa shape index (κ1) is 17.2. The summed E-state index contributed by atoms with van der Waals surface area (Å²) in [5.41, 5.74) is 5.40. The maximum atomic E-state index is 12.0. The lowest BCUT2D eigenvalue weighted by molar-refractivity contribution is 0.0984. The average molecular weight is 336 g/mol. The number of nitrogens with zero attached hydrogens (tertiary/aromatic N) is 2. The van der Waals surface area contributed by atoms with E-state index in [-0.39, 0.29) is 5.78 Å². The monoisotopic (exact) mass is 336 g/mol. The topological polar surface area (TPSA) is 44.1 Å². The van der Waals surface area contributed by atoms with Crippen molar-refractivity contribution in [2.45, 2.75) is 40.2 Å². The molecule has 0 N–H and O–H groups in total. The number of para-hydroxylation sites is 1. The molecule has 25 heavy (non-hydrogen) atoms.